The first-order valence-electron chi connectivity index (χ1n) is 7.93. The molecule has 0 aliphatic heterocycles. The van der Waals surface area contributed by atoms with Crippen molar-refractivity contribution in [2.75, 3.05) is 10.6 Å². The first-order chi connectivity index (χ1) is 12.1. The largest absolute Gasteiger partial charge is 0.379 e. The van der Waals surface area contributed by atoms with E-state index in [9.17, 15) is 9.18 Å². The van der Waals surface area contributed by atoms with E-state index in [1.165, 1.54) is 18.3 Å². The summed E-state index contributed by atoms with van der Waals surface area (Å²) in [6, 6.07) is 15.5. The molecule has 0 bridgehead atoms. The summed E-state index contributed by atoms with van der Waals surface area (Å²) in [7, 11) is 0. The Kier molecular flexibility index (Phi) is 5.04. The van der Waals surface area contributed by atoms with E-state index in [-0.39, 0.29) is 11.7 Å². The maximum absolute atomic E-state index is 13.4. The van der Waals surface area contributed by atoms with E-state index in [0.717, 1.165) is 16.8 Å². The molecule has 25 heavy (non-hydrogen) atoms. The number of halogens is 1. The maximum Gasteiger partial charge on any atom is 0.257 e. The molecule has 1 heterocycles. The Morgan fingerprint density at radius 2 is 1.88 bits per heavy atom. The van der Waals surface area contributed by atoms with Gasteiger partial charge in [0.2, 0.25) is 0 Å². The number of hydrogen-bond acceptors (Lipinski definition) is 3. The van der Waals surface area contributed by atoms with Gasteiger partial charge in [0.1, 0.15) is 5.82 Å². The Bertz CT molecular complexity index is 881. The van der Waals surface area contributed by atoms with Crippen LogP contribution in [0.5, 0.6) is 0 Å². The highest BCUT2D eigenvalue weighted by atomic mass is 19.1. The van der Waals surface area contributed by atoms with Crippen molar-refractivity contribution in [1.29, 1.82) is 0 Å². The van der Waals surface area contributed by atoms with Gasteiger partial charge < -0.3 is 10.6 Å². The van der Waals surface area contributed by atoms with Gasteiger partial charge in [-0.15, -0.1) is 0 Å². The number of nitrogens with zero attached hydrogens (tertiary/aromatic N) is 1. The second-order valence-electron chi connectivity index (χ2n) is 5.67. The van der Waals surface area contributed by atoms with Crippen molar-refractivity contribution in [2.45, 2.75) is 13.5 Å². The molecule has 0 aliphatic rings. The van der Waals surface area contributed by atoms with E-state index in [1.807, 2.05) is 31.2 Å². The molecule has 0 saturated heterocycles. The first-order valence-corrected chi connectivity index (χ1v) is 7.93. The Morgan fingerprint density at radius 1 is 1.08 bits per heavy atom. The maximum atomic E-state index is 13.4. The quantitative estimate of drug-likeness (QED) is 0.727. The molecule has 0 saturated carbocycles. The van der Waals surface area contributed by atoms with Gasteiger partial charge in [0.05, 0.1) is 16.9 Å². The van der Waals surface area contributed by atoms with Crippen molar-refractivity contribution >= 4 is 17.3 Å². The highest BCUT2D eigenvalue weighted by molar-refractivity contribution is 6.05. The average Bonchev–Trinajstić information content (AvgIpc) is 2.64. The number of hydrogen-bond donors (Lipinski definition) is 2. The van der Waals surface area contributed by atoms with Gasteiger partial charge in [-0.05, 0) is 54.4 Å². The van der Waals surface area contributed by atoms with Crippen molar-refractivity contribution in [1.82, 2.24) is 4.98 Å². The van der Waals surface area contributed by atoms with Crippen LogP contribution in [-0.4, -0.2) is 10.9 Å². The molecule has 0 radical (unpaired) electrons. The van der Waals surface area contributed by atoms with Crippen LogP contribution in [0.15, 0.2) is 67.0 Å². The number of carbonyl (C=O) groups is 1. The molecule has 2 N–H and O–H groups in total. The van der Waals surface area contributed by atoms with Gasteiger partial charge in [0.25, 0.3) is 5.91 Å². The Hall–Kier alpha value is -3.21. The van der Waals surface area contributed by atoms with Crippen LogP contribution in [0.25, 0.3) is 0 Å². The lowest BCUT2D eigenvalue weighted by Gasteiger charge is -2.14. The normalized spacial score (nSPS) is 10.3. The van der Waals surface area contributed by atoms with E-state index < -0.39 is 0 Å². The van der Waals surface area contributed by atoms with E-state index in [2.05, 4.69) is 15.6 Å². The molecular formula is C20H18FN3O. The third-order valence-electron chi connectivity index (χ3n) is 3.88. The minimum atomic E-state index is -0.263. The fourth-order valence-corrected chi connectivity index (χ4v) is 2.46. The number of amides is 1. The van der Waals surface area contributed by atoms with Gasteiger partial charge in [-0.25, -0.2) is 4.39 Å². The van der Waals surface area contributed by atoms with Crippen LogP contribution >= 0.6 is 0 Å². The zero-order valence-electron chi connectivity index (χ0n) is 13.8. The van der Waals surface area contributed by atoms with Crippen molar-refractivity contribution in [3.05, 3.63) is 89.5 Å². The second kappa shape index (κ2) is 7.57. The lowest BCUT2D eigenvalue weighted by molar-refractivity contribution is 0.102. The lowest BCUT2D eigenvalue weighted by atomic mass is 10.1. The van der Waals surface area contributed by atoms with Crippen LogP contribution in [-0.2, 0) is 6.54 Å². The SMILES string of the molecule is Cc1ccc(F)cc1CNc1ccccc1NC(=O)c1cccnc1. The highest BCUT2D eigenvalue weighted by Crippen LogP contribution is 2.23. The van der Waals surface area contributed by atoms with Crippen molar-refractivity contribution in [2.24, 2.45) is 0 Å². The molecule has 1 aromatic heterocycles. The van der Waals surface area contributed by atoms with Crippen molar-refractivity contribution < 1.29 is 9.18 Å². The first kappa shape index (κ1) is 16.6. The molecule has 0 aliphatic carbocycles. The zero-order chi connectivity index (χ0) is 17.6. The minimum absolute atomic E-state index is 0.232. The summed E-state index contributed by atoms with van der Waals surface area (Å²) in [6.45, 7) is 2.40. The molecule has 2 aromatic carbocycles. The highest BCUT2D eigenvalue weighted by Gasteiger charge is 2.09. The third-order valence-corrected chi connectivity index (χ3v) is 3.88. The summed E-state index contributed by atoms with van der Waals surface area (Å²) in [4.78, 5) is 16.3. The zero-order valence-corrected chi connectivity index (χ0v) is 13.8. The summed E-state index contributed by atoms with van der Waals surface area (Å²) in [5, 5.41) is 6.13. The molecule has 0 fully saturated rings. The summed E-state index contributed by atoms with van der Waals surface area (Å²) < 4.78 is 13.4. The van der Waals surface area contributed by atoms with Gasteiger partial charge in [-0.2, -0.15) is 0 Å². The number of carbonyl (C=O) groups excluding carboxylic acids is 1. The number of para-hydroxylation sites is 2. The Balaban J connectivity index is 1.75. The number of rotatable bonds is 5. The van der Waals surface area contributed by atoms with Crippen molar-refractivity contribution in [3.8, 4) is 0 Å². The Morgan fingerprint density at radius 3 is 2.64 bits per heavy atom. The van der Waals surface area contributed by atoms with Crippen LogP contribution < -0.4 is 10.6 Å². The monoisotopic (exact) mass is 335 g/mol. The fourth-order valence-electron chi connectivity index (χ4n) is 2.46. The summed E-state index contributed by atoms with van der Waals surface area (Å²) in [6.07, 6.45) is 3.13. The van der Waals surface area contributed by atoms with Gasteiger partial charge >= 0.3 is 0 Å². The molecule has 3 rings (SSSR count). The van der Waals surface area contributed by atoms with Crippen LogP contribution in [0.4, 0.5) is 15.8 Å². The molecule has 5 heteroatoms. The predicted molar refractivity (Wildman–Crippen MR) is 97.1 cm³/mol. The number of benzene rings is 2. The molecule has 0 atom stereocenters. The molecule has 0 spiro atoms. The van der Waals surface area contributed by atoms with Crippen molar-refractivity contribution in [3.63, 3.8) is 0 Å². The summed E-state index contributed by atoms with van der Waals surface area (Å²) in [5.74, 6) is -0.496. The standard InChI is InChI=1S/C20H18FN3O/c1-14-8-9-17(21)11-16(14)13-23-18-6-2-3-7-19(18)24-20(25)15-5-4-10-22-12-15/h2-12,23H,13H2,1H3,(H,24,25). The summed E-state index contributed by atoms with van der Waals surface area (Å²) in [5.41, 5.74) is 3.78. The topological polar surface area (TPSA) is 54.0 Å². The number of anilines is 2. The molecule has 0 unspecified atom stereocenters. The fraction of sp³-hybridized carbons (Fsp3) is 0.100. The van der Waals surface area contributed by atoms with Gasteiger partial charge in [0.15, 0.2) is 0 Å². The van der Waals surface area contributed by atoms with Gasteiger partial charge in [-0.1, -0.05) is 18.2 Å². The number of nitrogens with one attached hydrogen (secondary N) is 2. The molecular weight excluding hydrogens is 317 g/mol. The van der Waals surface area contributed by atoms with Crippen LogP contribution in [0.1, 0.15) is 21.5 Å². The predicted octanol–water partition coefficient (Wildman–Crippen LogP) is 4.39. The van der Waals surface area contributed by atoms with E-state index in [4.69, 9.17) is 0 Å². The number of pyridine rings is 1. The van der Waals surface area contributed by atoms with Gasteiger partial charge in [-0.3, -0.25) is 9.78 Å². The molecule has 3 aromatic rings. The summed E-state index contributed by atoms with van der Waals surface area (Å²) >= 11 is 0. The molecule has 4 nitrogen and oxygen atoms in total. The third kappa shape index (κ3) is 4.20. The minimum Gasteiger partial charge on any atom is -0.379 e. The van der Waals surface area contributed by atoms with Crippen LogP contribution in [0.3, 0.4) is 0 Å². The van der Waals surface area contributed by atoms with Crippen LogP contribution in [0, 0.1) is 12.7 Å². The molecule has 1 amide bonds. The van der Waals surface area contributed by atoms with E-state index >= 15 is 0 Å². The second-order valence-corrected chi connectivity index (χ2v) is 5.67. The number of aromatic nitrogens is 1. The van der Waals surface area contributed by atoms with Crippen LogP contribution in [0.2, 0.25) is 0 Å². The smallest absolute Gasteiger partial charge is 0.257 e. The lowest BCUT2D eigenvalue weighted by Crippen LogP contribution is -2.14. The number of aryl methyl sites for hydroxylation is 1. The van der Waals surface area contributed by atoms with E-state index in [1.54, 1.807) is 24.4 Å². The molecule has 126 valence electrons. The average molecular weight is 335 g/mol. The van der Waals surface area contributed by atoms with Gasteiger partial charge in [0, 0.05) is 18.9 Å². The van der Waals surface area contributed by atoms with E-state index in [0.29, 0.717) is 17.8 Å². The Labute approximate surface area is 145 Å².